The lowest BCUT2D eigenvalue weighted by Gasteiger charge is -2.15. The molecule has 34 heavy (non-hydrogen) atoms. The predicted octanol–water partition coefficient (Wildman–Crippen LogP) is 4.57. The van der Waals surface area contributed by atoms with Gasteiger partial charge in [-0.05, 0) is 50.6 Å². The van der Waals surface area contributed by atoms with Crippen molar-refractivity contribution in [3.8, 4) is 17.2 Å². The highest BCUT2D eigenvalue weighted by Crippen LogP contribution is 2.38. The highest BCUT2D eigenvalue weighted by molar-refractivity contribution is 6.01. The van der Waals surface area contributed by atoms with Gasteiger partial charge in [0.05, 0.1) is 24.7 Å². The number of aromatic nitrogens is 1. The maximum atomic E-state index is 13.6. The van der Waals surface area contributed by atoms with Crippen LogP contribution in [0.25, 0.3) is 28.1 Å². The van der Waals surface area contributed by atoms with E-state index < -0.39 is 24.2 Å². The van der Waals surface area contributed by atoms with Crippen molar-refractivity contribution in [2.24, 2.45) is 0 Å². The highest BCUT2D eigenvalue weighted by Gasteiger charge is 2.20. The number of nitrogens with one attached hydrogen (secondary N) is 1. The zero-order chi connectivity index (χ0) is 24.8. The molecule has 0 aliphatic rings. The number of nitrogens with zero attached hydrogens (tertiary/aromatic N) is 2. The van der Waals surface area contributed by atoms with Gasteiger partial charge in [0, 0.05) is 34.6 Å². The van der Waals surface area contributed by atoms with Gasteiger partial charge in [0.15, 0.2) is 0 Å². The van der Waals surface area contributed by atoms with E-state index in [1.165, 1.54) is 12.1 Å². The van der Waals surface area contributed by atoms with Crippen LogP contribution in [0.3, 0.4) is 0 Å². The van der Waals surface area contributed by atoms with Crippen molar-refractivity contribution in [1.29, 1.82) is 5.26 Å². The van der Waals surface area contributed by atoms with Crippen LogP contribution in [-0.2, 0) is 4.79 Å². The molecule has 0 bridgehead atoms. The van der Waals surface area contributed by atoms with E-state index in [2.05, 4.69) is 23.7 Å². The Balaban J connectivity index is 1.90. The Labute approximate surface area is 199 Å². The minimum atomic E-state index is -1.06. The molecule has 3 N–H and O–H groups in total. The van der Waals surface area contributed by atoms with Crippen LogP contribution in [0.5, 0.6) is 0 Å². The number of carbonyl (C=O) groups excluding carboxylic acids is 1. The minimum absolute atomic E-state index is 0.0291. The van der Waals surface area contributed by atoms with Gasteiger partial charge in [-0.3, -0.25) is 4.79 Å². The first kappa shape index (κ1) is 25.2. The molecule has 0 radical (unpaired) electrons. The Hall–Kier alpha value is -3.47. The van der Waals surface area contributed by atoms with Crippen LogP contribution < -0.4 is 5.32 Å². The molecule has 0 unspecified atom stereocenters. The Morgan fingerprint density at radius 3 is 2.47 bits per heavy atom. The van der Waals surface area contributed by atoms with Crippen LogP contribution in [0.1, 0.15) is 45.3 Å². The van der Waals surface area contributed by atoms with Gasteiger partial charge in [-0.25, -0.2) is 4.39 Å². The molecule has 1 amide bonds. The summed E-state index contributed by atoms with van der Waals surface area (Å²) in [6.07, 6.45) is 1.13. The Kier molecular flexibility index (Phi) is 8.21. The zero-order valence-electron chi connectivity index (χ0n) is 19.6. The third-order valence-electron chi connectivity index (χ3n) is 5.58. The molecule has 0 aliphatic carbocycles. The summed E-state index contributed by atoms with van der Waals surface area (Å²) in [5, 5.41) is 33.0. The lowest BCUT2D eigenvalue weighted by Crippen LogP contribution is -2.34. The van der Waals surface area contributed by atoms with Gasteiger partial charge >= 0.3 is 0 Å². The molecule has 0 saturated carbocycles. The van der Waals surface area contributed by atoms with Gasteiger partial charge in [0.25, 0.3) is 0 Å². The van der Waals surface area contributed by atoms with E-state index >= 15 is 0 Å². The van der Waals surface area contributed by atoms with Crippen molar-refractivity contribution in [2.75, 3.05) is 0 Å². The van der Waals surface area contributed by atoms with E-state index in [-0.39, 0.29) is 24.7 Å². The van der Waals surface area contributed by atoms with Crippen molar-refractivity contribution in [3.63, 3.8) is 0 Å². The van der Waals surface area contributed by atoms with Crippen LogP contribution in [0.2, 0.25) is 0 Å². The maximum Gasteiger partial charge on any atom is 0.223 e. The molecule has 3 rings (SSSR count). The second kappa shape index (κ2) is 11.1. The fraction of sp³-hybridized carbons (Fsp3) is 0.333. The Morgan fingerprint density at radius 1 is 1.15 bits per heavy atom. The number of aliphatic hydroxyl groups excluding tert-OH is 2. The summed E-state index contributed by atoms with van der Waals surface area (Å²) >= 11 is 0. The maximum absolute atomic E-state index is 13.6. The number of halogens is 1. The second-order valence-corrected chi connectivity index (χ2v) is 8.69. The van der Waals surface area contributed by atoms with E-state index in [0.717, 1.165) is 27.7 Å². The summed E-state index contributed by atoms with van der Waals surface area (Å²) in [5.41, 5.74) is 3.67. The highest BCUT2D eigenvalue weighted by atomic mass is 19.1. The molecule has 0 aliphatic heterocycles. The van der Waals surface area contributed by atoms with E-state index in [4.69, 9.17) is 5.26 Å². The summed E-state index contributed by atoms with van der Waals surface area (Å²) in [5.74, 6) is -0.762. The number of aliphatic hydroxyl groups is 2. The summed E-state index contributed by atoms with van der Waals surface area (Å²) < 4.78 is 15.7. The number of fused-ring (bicyclic) bond motifs is 1. The molecule has 7 heteroatoms. The van der Waals surface area contributed by atoms with Crippen LogP contribution in [0.15, 0.2) is 54.6 Å². The Bertz CT molecular complexity index is 1210. The van der Waals surface area contributed by atoms with Gasteiger partial charge < -0.3 is 20.1 Å². The van der Waals surface area contributed by atoms with Gasteiger partial charge in [0.2, 0.25) is 5.91 Å². The number of carbonyl (C=O) groups is 1. The van der Waals surface area contributed by atoms with Crippen LogP contribution in [0.4, 0.5) is 4.39 Å². The van der Waals surface area contributed by atoms with E-state index in [9.17, 15) is 19.4 Å². The number of hydrogen-bond donors (Lipinski definition) is 3. The second-order valence-electron chi connectivity index (χ2n) is 8.69. The van der Waals surface area contributed by atoms with E-state index in [1.807, 2.05) is 36.4 Å². The molecular formula is C27H30FN3O3. The monoisotopic (exact) mass is 463 g/mol. The quantitative estimate of drug-likeness (QED) is 0.433. The lowest BCUT2D eigenvalue weighted by molar-refractivity contribution is -0.123. The third-order valence-corrected chi connectivity index (χ3v) is 5.58. The first-order valence-corrected chi connectivity index (χ1v) is 11.3. The van der Waals surface area contributed by atoms with E-state index in [0.29, 0.717) is 0 Å². The molecule has 0 spiro atoms. The number of nitriles is 1. The number of amides is 1. The molecule has 0 saturated heterocycles. The molecule has 0 fully saturated rings. The first-order chi connectivity index (χ1) is 16.2. The molecule has 178 valence electrons. The summed E-state index contributed by atoms with van der Waals surface area (Å²) in [7, 11) is 0. The first-order valence-electron chi connectivity index (χ1n) is 11.3. The molecule has 6 nitrogen and oxygen atoms in total. The molecule has 2 aromatic carbocycles. The molecule has 1 heterocycles. The van der Waals surface area contributed by atoms with Crippen molar-refractivity contribution in [3.05, 3.63) is 66.1 Å². The number of benzene rings is 2. The number of hydrogen-bond acceptors (Lipinski definition) is 4. The fourth-order valence-corrected chi connectivity index (χ4v) is 4.11. The molecular weight excluding hydrogens is 433 g/mol. The molecule has 1 aromatic heterocycles. The lowest BCUT2D eigenvalue weighted by atomic mass is 10.0. The molecule has 3 aromatic rings. The van der Waals surface area contributed by atoms with Gasteiger partial charge in [-0.2, -0.15) is 5.26 Å². The van der Waals surface area contributed by atoms with Crippen molar-refractivity contribution in [2.45, 2.75) is 57.9 Å². The topological polar surface area (TPSA) is 98.3 Å². The van der Waals surface area contributed by atoms with Crippen LogP contribution in [-0.4, -0.2) is 38.9 Å². The van der Waals surface area contributed by atoms with Gasteiger partial charge in [-0.1, -0.05) is 36.4 Å². The van der Waals surface area contributed by atoms with Crippen molar-refractivity contribution >= 4 is 22.9 Å². The van der Waals surface area contributed by atoms with Crippen LogP contribution in [0, 0.1) is 17.1 Å². The molecule has 3 atom stereocenters. The van der Waals surface area contributed by atoms with Gasteiger partial charge in [-0.15, -0.1) is 0 Å². The number of para-hydroxylation sites is 1. The largest absolute Gasteiger partial charge is 0.392 e. The predicted molar refractivity (Wildman–Crippen MR) is 131 cm³/mol. The van der Waals surface area contributed by atoms with Gasteiger partial charge in [0.1, 0.15) is 11.9 Å². The smallest absolute Gasteiger partial charge is 0.223 e. The van der Waals surface area contributed by atoms with Crippen LogP contribution >= 0.6 is 0 Å². The normalized spacial score (nSPS) is 14.3. The summed E-state index contributed by atoms with van der Waals surface area (Å²) in [4.78, 5) is 11.9. The Morgan fingerprint density at radius 2 is 1.82 bits per heavy atom. The summed E-state index contributed by atoms with van der Waals surface area (Å²) in [6.45, 7) is 5.69. The van der Waals surface area contributed by atoms with Crippen molar-refractivity contribution in [1.82, 2.24) is 9.88 Å². The van der Waals surface area contributed by atoms with Crippen molar-refractivity contribution < 1.29 is 19.4 Å². The minimum Gasteiger partial charge on any atom is -0.392 e. The fourth-order valence-electron chi connectivity index (χ4n) is 4.11. The van der Waals surface area contributed by atoms with E-state index in [1.54, 1.807) is 25.1 Å². The zero-order valence-corrected chi connectivity index (χ0v) is 19.6. The third kappa shape index (κ3) is 5.90. The average molecular weight is 464 g/mol. The SMILES string of the molecule is CC(C)n1c(/C=C/[C@@H](O)C[C@H](O)CC(=O)N[C@H](C)C#N)c(-c2ccc(F)cc2)c2ccccc21. The number of rotatable bonds is 9. The summed E-state index contributed by atoms with van der Waals surface area (Å²) in [6, 6.07) is 15.7. The average Bonchev–Trinajstić information content (AvgIpc) is 3.12. The standard InChI is InChI=1S/C27H30FN3O3/c1-17(2)31-24-7-5-4-6-23(24)27(19-8-10-20(28)11-9-19)25(31)13-12-21(32)14-22(33)15-26(34)30-18(3)16-29/h4-13,17-18,21-22,32-33H,14-15H2,1-3H3,(H,30,34)/b13-12+/t18-,21-,22+/m1/s1.